The molecule has 15 nitrogen and oxygen atoms in total. The van der Waals surface area contributed by atoms with Gasteiger partial charge < -0.3 is 30.3 Å². The van der Waals surface area contributed by atoms with Crippen LogP contribution < -0.4 is 5.73 Å². The normalized spacial score (nSPS) is 10.5. The Bertz CT molecular complexity index is 1810. The zero-order chi connectivity index (χ0) is 31.0. The van der Waals surface area contributed by atoms with E-state index < -0.39 is 17.9 Å². The summed E-state index contributed by atoms with van der Waals surface area (Å²) in [6, 6.07) is 3.28. The number of hydrogen-bond acceptors (Lipinski definition) is 12. The van der Waals surface area contributed by atoms with Crippen LogP contribution in [0.1, 0.15) is 44.0 Å². The molecule has 0 aromatic carbocycles. The summed E-state index contributed by atoms with van der Waals surface area (Å²) in [5.41, 5.74) is 7.11. The van der Waals surface area contributed by atoms with E-state index >= 15 is 0 Å². The number of nitrogens with one attached hydrogen (secondary N) is 2. The van der Waals surface area contributed by atoms with Crippen LogP contribution in [0.5, 0.6) is 0 Å². The second kappa shape index (κ2) is 14.2. The van der Waals surface area contributed by atoms with E-state index in [-0.39, 0.29) is 38.8 Å². The number of nitrogens with two attached hydrogens (primary N) is 1. The lowest BCUT2D eigenvalue weighted by Crippen LogP contribution is -2.10. The predicted molar refractivity (Wildman–Crippen MR) is 154 cm³/mol. The van der Waals surface area contributed by atoms with E-state index in [9.17, 15) is 14.4 Å². The van der Waals surface area contributed by atoms with E-state index in [1.165, 1.54) is 14.2 Å². The van der Waals surface area contributed by atoms with Crippen molar-refractivity contribution in [3.05, 3.63) is 69.1 Å². The summed E-state index contributed by atoms with van der Waals surface area (Å²) in [6.07, 6.45) is 6.58. The monoisotopic (exact) mass is 635 g/mol. The third kappa shape index (κ3) is 7.45. The highest BCUT2D eigenvalue weighted by atomic mass is 35.5. The first-order valence-corrected chi connectivity index (χ1v) is 12.5. The van der Waals surface area contributed by atoms with Crippen LogP contribution in [-0.2, 0) is 9.47 Å². The highest BCUT2D eigenvalue weighted by Crippen LogP contribution is 2.19. The second-order valence-electron chi connectivity index (χ2n) is 7.59. The van der Waals surface area contributed by atoms with Crippen LogP contribution in [0, 0.1) is 0 Å². The van der Waals surface area contributed by atoms with Crippen molar-refractivity contribution >= 4 is 86.7 Å². The Hall–Kier alpha value is -4.86. The minimum Gasteiger partial charge on any atom is -0.476 e. The number of ether oxygens (including phenoxy) is 2. The molecule has 0 aliphatic heterocycles. The number of esters is 2. The van der Waals surface area contributed by atoms with Crippen LogP contribution in [0.4, 0.5) is 5.82 Å². The van der Waals surface area contributed by atoms with Crippen molar-refractivity contribution in [2.75, 3.05) is 20.0 Å². The Kier molecular flexibility index (Phi) is 10.7. The van der Waals surface area contributed by atoms with Gasteiger partial charge in [-0.05, 0) is 53.9 Å². The number of aromatic carboxylic acids is 1. The van der Waals surface area contributed by atoms with Gasteiger partial charge in [0, 0.05) is 18.0 Å². The Morgan fingerprint density at radius 1 is 0.786 bits per heavy atom. The number of nitrogens with zero attached hydrogens (tertiary/aromatic N) is 6. The van der Waals surface area contributed by atoms with Crippen molar-refractivity contribution in [2.45, 2.75) is 6.92 Å². The van der Waals surface area contributed by atoms with Gasteiger partial charge in [-0.15, -0.1) is 0 Å². The molecule has 0 aliphatic rings. The molecule has 0 bridgehead atoms. The Labute approximate surface area is 251 Å². The molecule has 5 aromatic heterocycles. The third-order valence-electron chi connectivity index (χ3n) is 5.02. The summed E-state index contributed by atoms with van der Waals surface area (Å²) >= 11 is 16.7. The fourth-order valence-electron chi connectivity index (χ4n) is 3.28. The van der Waals surface area contributed by atoms with E-state index in [0.29, 0.717) is 27.6 Å². The summed E-state index contributed by atoms with van der Waals surface area (Å²) in [6.45, 7) is 1.79. The van der Waals surface area contributed by atoms with Gasteiger partial charge in [-0.1, -0.05) is 12.2 Å². The van der Waals surface area contributed by atoms with Gasteiger partial charge in [-0.25, -0.2) is 34.3 Å². The van der Waals surface area contributed by atoms with Gasteiger partial charge in [0.25, 0.3) is 0 Å². The molecule has 0 radical (unpaired) electrons. The van der Waals surface area contributed by atoms with E-state index in [0.717, 1.165) is 0 Å². The van der Waals surface area contributed by atoms with E-state index in [4.69, 9.17) is 45.6 Å². The van der Waals surface area contributed by atoms with Gasteiger partial charge in [-0.2, -0.15) is 9.97 Å². The zero-order valence-corrected chi connectivity index (χ0v) is 24.1. The van der Waals surface area contributed by atoms with Crippen molar-refractivity contribution in [1.29, 1.82) is 0 Å². The number of H-pyrrole nitrogens is 2. The largest absolute Gasteiger partial charge is 0.476 e. The smallest absolute Gasteiger partial charge is 0.357 e. The summed E-state index contributed by atoms with van der Waals surface area (Å²) in [5.74, 6) is -2.10. The van der Waals surface area contributed by atoms with Gasteiger partial charge in [0.2, 0.25) is 15.9 Å². The number of halogens is 3. The summed E-state index contributed by atoms with van der Waals surface area (Å²) < 4.78 is 9.12. The van der Waals surface area contributed by atoms with E-state index in [1.54, 1.807) is 43.6 Å². The summed E-state index contributed by atoms with van der Waals surface area (Å²) in [5, 5.41) is 9.67. The van der Waals surface area contributed by atoms with Crippen LogP contribution in [0.15, 0.2) is 30.6 Å². The number of aromatic nitrogens is 8. The second-order valence-corrected chi connectivity index (χ2v) is 8.61. The minimum absolute atomic E-state index is 0.0142. The third-order valence-corrected chi connectivity index (χ3v) is 5.53. The molecule has 0 aliphatic carbocycles. The van der Waals surface area contributed by atoms with Crippen LogP contribution in [0.2, 0.25) is 15.9 Å². The first kappa shape index (κ1) is 31.7. The Morgan fingerprint density at radius 3 is 1.74 bits per heavy atom. The highest BCUT2D eigenvalue weighted by Gasteiger charge is 2.17. The molecule has 0 amide bonds. The molecule has 0 fully saturated rings. The van der Waals surface area contributed by atoms with E-state index in [1.807, 2.05) is 0 Å². The van der Waals surface area contributed by atoms with E-state index in [2.05, 4.69) is 49.3 Å². The molecule has 0 atom stereocenters. The van der Waals surface area contributed by atoms with Crippen LogP contribution >= 0.6 is 34.8 Å². The number of methoxy groups -OCH3 is 2. The maximum Gasteiger partial charge on any atom is 0.357 e. The first-order valence-electron chi connectivity index (χ1n) is 11.4. The van der Waals surface area contributed by atoms with Gasteiger partial charge in [0.05, 0.1) is 25.0 Å². The van der Waals surface area contributed by atoms with Crippen molar-refractivity contribution in [1.82, 2.24) is 39.9 Å². The lowest BCUT2D eigenvalue weighted by molar-refractivity contribution is 0.0586. The lowest BCUT2D eigenvalue weighted by atomic mass is 10.2. The number of rotatable bonds is 4. The molecule has 0 spiro atoms. The number of allylic oxidation sites excluding steroid dienone is 1. The molecule has 0 unspecified atom stereocenters. The van der Waals surface area contributed by atoms with Crippen molar-refractivity contribution in [3.8, 4) is 0 Å². The molecule has 0 saturated heterocycles. The SMILES string of the molecule is C/C=C\c1c(N)nc(Cl)nc1C(=O)OC.COC(=O)c1nc(Cl)nc2[nH]ccc12.O=C(O)c1nc(Cl)nc2[nH]ccc12. The summed E-state index contributed by atoms with van der Waals surface area (Å²) in [4.78, 5) is 61.6. The number of nitrogen functional groups attached to an aromatic ring is 1. The lowest BCUT2D eigenvalue weighted by Gasteiger charge is -2.05. The molecule has 42 heavy (non-hydrogen) atoms. The molecule has 5 rings (SSSR count). The number of aromatic amines is 2. The molecule has 218 valence electrons. The minimum atomic E-state index is -1.12. The van der Waals surface area contributed by atoms with Gasteiger partial charge in [0.15, 0.2) is 17.1 Å². The fraction of sp³-hybridized carbons (Fsp3) is 0.125. The van der Waals surface area contributed by atoms with Gasteiger partial charge in [0.1, 0.15) is 17.1 Å². The topological polar surface area (TPSA) is 225 Å². The molecule has 5 heterocycles. The van der Waals surface area contributed by atoms with Crippen LogP contribution in [-0.4, -0.2) is 77.1 Å². The number of fused-ring (bicyclic) bond motifs is 2. The molecule has 5 aromatic rings. The number of hydrogen-bond donors (Lipinski definition) is 4. The Morgan fingerprint density at radius 2 is 1.24 bits per heavy atom. The first-order chi connectivity index (χ1) is 20.0. The average Bonchev–Trinajstić information content (AvgIpc) is 3.62. The van der Waals surface area contributed by atoms with Crippen molar-refractivity contribution in [2.24, 2.45) is 0 Å². The maximum absolute atomic E-state index is 11.4. The molecule has 0 saturated carbocycles. The molecular formula is C24H20Cl3N9O6. The number of carbonyl (C=O) groups is 3. The predicted octanol–water partition coefficient (Wildman–Crippen LogP) is 4.24. The average molecular weight is 637 g/mol. The molecule has 5 N–H and O–H groups in total. The Balaban J connectivity index is 0.000000173. The fourth-order valence-corrected chi connectivity index (χ4v) is 3.80. The molecule has 18 heteroatoms. The van der Waals surface area contributed by atoms with Gasteiger partial charge >= 0.3 is 17.9 Å². The molecular weight excluding hydrogens is 617 g/mol. The number of carboxylic acid groups (broad SMARTS) is 1. The van der Waals surface area contributed by atoms with Crippen LogP contribution in [0.3, 0.4) is 0 Å². The van der Waals surface area contributed by atoms with Crippen LogP contribution in [0.25, 0.3) is 28.1 Å². The zero-order valence-electron chi connectivity index (χ0n) is 21.8. The van der Waals surface area contributed by atoms with Crippen molar-refractivity contribution < 1.29 is 29.0 Å². The maximum atomic E-state index is 11.4. The highest BCUT2D eigenvalue weighted by molar-refractivity contribution is 6.29. The standard InChI is InChI=1S/C9H10ClN3O2.C8H6ClN3O2.C7H4ClN3O2/c1-3-4-5-6(8(14)15-2)12-9(10)13-7(5)11;1-14-7(13)5-4-2-3-10-6(4)12-8(9)11-5;8-7-10-4(6(12)13)3-1-2-9-5(3)11-7/h3-4H,1-2H3,(H2,11,12,13);2-3H,1H3,(H,10,11,12);1-2H,(H,12,13)(H,9,10,11)/b4-3-;;. The van der Waals surface area contributed by atoms with Crippen molar-refractivity contribution in [3.63, 3.8) is 0 Å². The number of carbonyl (C=O) groups excluding carboxylic acids is 2. The summed E-state index contributed by atoms with van der Waals surface area (Å²) in [7, 11) is 2.55. The number of anilines is 1. The number of carboxylic acids is 1. The van der Waals surface area contributed by atoms with Gasteiger partial charge in [-0.3, -0.25) is 0 Å². The quantitative estimate of drug-likeness (QED) is 0.160.